The molecule has 0 unspecified atom stereocenters. The van der Waals surface area contributed by atoms with Gasteiger partial charge in [0, 0.05) is 17.7 Å². The number of ether oxygens (including phenoxy) is 2. The molecule has 0 amide bonds. The van der Waals surface area contributed by atoms with Crippen molar-refractivity contribution in [1.29, 1.82) is 0 Å². The second-order valence-electron chi connectivity index (χ2n) is 5.34. The molecule has 1 aromatic heterocycles. The predicted molar refractivity (Wildman–Crippen MR) is 98.8 cm³/mol. The van der Waals surface area contributed by atoms with E-state index in [1.165, 1.54) is 26.4 Å². The summed E-state index contributed by atoms with van der Waals surface area (Å²) in [4.78, 5) is 25.2. The fourth-order valence-corrected chi connectivity index (χ4v) is 3.11. The number of hydrogen-bond donors (Lipinski definition) is 1. The summed E-state index contributed by atoms with van der Waals surface area (Å²) in [5, 5.41) is 29.1. The molecule has 0 fully saturated rings. The van der Waals surface area contributed by atoms with E-state index < -0.39 is 15.5 Å². The van der Waals surface area contributed by atoms with Crippen molar-refractivity contribution in [2.75, 3.05) is 14.2 Å². The Morgan fingerprint density at radius 3 is 2.25 bits per heavy atom. The Hall–Kier alpha value is -3.67. The maximum absolute atomic E-state index is 11.2. The molecule has 0 aliphatic rings. The highest BCUT2D eigenvalue weighted by atomic mass is 32.2. The first-order valence-corrected chi connectivity index (χ1v) is 8.49. The second kappa shape index (κ2) is 7.92. The molecule has 144 valence electrons. The van der Waals surface area contributed by atoms with Gasteiger partial charge < -0.3 is 9.47 Å². The lowest BCUT2D eigenvalue weighted by atomic mass is 10.2. The maximum Gasteiger partial charge on any atom is 0.290 e. The molecule has 0 spiro atoms. The molecular weight excluding hydrogens is 390 g/mol. The van der Waals surface area contributed by atoms with E-state index in [4.69, 9.17) is 9.47 Å². The van der Waals surface area contributed by atoms with E-state index in [-0.39, 0.29) is 15.7 Å². The molecule has 0 bridgehead atoms. The largest absolute Gasteiger partial charge is 0.497 e. The minimum atomic E-state index is -0.692. The molecule has 12 heteroatoms. The summed E-state index contributed by atoms with van der Waals surface area (Å²) in [5.74, 6) is 1.53. The standard InChI is InChI=1S/C16H13N5O6S/c1-26-11-5-9(6-12(8-11)27-2)15-17-16(19-18-15)28-14-4-3-10(20(22)23)7-13(14)21(24)25/h3-8H,1-2H3,(H,17,18,19). The molecule has 1 heterocycles. The molecule has 0 aliphatic carbocycles. The quantitative estimate of drug-likeness (QED) is 0.462. The Morgan fingerprint density at radius 2 is 1.68 bits per heavy atom. The highest BCUT2D eigenvalue weighted by Gasteiger charge is 2.21. The normalized spacial score (nSPS) is 10.5. The van der Waals surface area contributed by atoms with E-state index in [0.717, 1.165) is 17.8 Å². The van der Waals surface area contributed by atoms with Crippen molar-refractivity contribution in [1.82, 2.24) is 15.2 Å². The Labute approximate surface area is 162 Å². The molecule has 3 rings (SSSR count). The van der Waals surface area contributed by atoms with Crippen LogP contribution in [-0.2, 0) is 0 Å². The minimum absolute atomic E-state index is 0.185. The summed E-state index contributed by atoms with van der Waals surface area (Å²) < 4.78 is 10.4. The lowest BCUT2D eigenvalue weighted by Gasteiger charge is -2.06. The van der Waals surface area contributed by atoms with E-state index in [1.807, 2.05) is 0 Å². The number of nitrogens with one attached hydrogen (secondary N) is 1. The van der Waals surface area contributed by atoms with Crippen LogP contribution in [0.1, 0.15) is 0 Å². The zero-order valence-corrected chi connectivity index (χ0v) is 15.4. The highest BCUT2D eigenvalue weighted by Crippen LogP contribution is 2.36. The first kappa shape index (κ1) is 19.1. The highest BCUT2D eigenvalue weighted by molar-refractivity contribution is 7.99. The van der Waals surface area contributed by atoms with Crippen LogP contribution in [0.4, 0.5) is 11.4 Å². The van der Waals surface area contributed by atoms with E-state index in [1.54, 1.807) is 18.2 Å². The lowest BCUT2D eigenvalue weighted by Crippen LogP contribution is -1.94. The van der Waals surface area contributed by atoms with Crippen molar-refractivity contribution < 1.29 is 19.3 Å². The molecule has 2 aromatic carbocycles. The monoisotopic (exact) mass is 403 g/mol. The number of aromatic amines is 1. The van der Waals surface area contributed by atoms with Gasteiger partial charge in [0.05, 0.1) is 35.0 Å². The van der Waals surface area contributed by atoms with E-state index in [2.05, 4.69) is 15.2 Å². The molecule has 0 radical (unpaired) electrons. The molecule has 11 nitrogen and oxygen atoms in total. The third kappa shape index (κ3) is 4.01. The van der Waals surface area contributed by atoms with Gasteiger partial charge in [0.15, 0.2) is 5.82 Å². The summed E-state index contributed by atoms with van der Waals surface area (Å²) >= 11 is 0.918. The number of methoxy groups -OCH3 is 2. The zero-order chi connectivity index (χ0) is 20.3. The summed E-state index contributed by atoms with van der Waals surface area (Å²) in [5.41, 5.74) is -0.113. The van der Waals surface area contributed by atoms with Crippen molar-refractivity contribution in [3.8, 4) is 22.9 Å². The number of rotatable bonds is 7. The average Bonchev–Trinajstić information content (AvgIpc) is 3.16. The van der Waals surface area contributed by atoms with Gasteiger partial charge in [0.1, 0.15) is 11.5 Å². The van der Waals surface area contributed by atoms with Gasteiger partial charge in [-0.1, -0.05) is 0 Å². The predicted octanol–water partition coefficient (Wildman–Crippen LogP) is 3.46. The maximum atomic E-state index is 11.2. The Morgan fingerprint density at radius 1 is 1.00 bits per heavy atom. The fourth-order valence-electron chi connectivity index (χ4n) is 2.31. The van der Waals surface area contributed by atoms with Crippen LogP contribution in [0.5, 0.6) is 11.5 Å². The van der Waals surface area contributed by atoms with Crippen molar-refractivity contribution in [2.45, 2.75) is 10.1 Å². The topological polar surface area (TPSA) is 146 Å². The molecule has 3 aromatic rings. The van der Waals surface area contributed by atoms with Crippen LogP contribution in [0.3, 0.4) is 0 Å². The number of benzene rings is 2. The first-order chi connectivity index (χ1) is 13.4. The van der Waals surface area contributed by atoms with Crippen LogP contribution in [0.2, 0.25) is 0 Å². The molecular formula is C16H13N5O6S. The smallest absolute Gasteiger partial charge is 0.290 e. The van der Waals surface area contributed by atoms with Crippen molar-refractivity contribution in [3.05, 3.63) is 56.6 Å². The SMILES string of the molecule is COc1cc(OC)cc(-c2nc(Sc3ccc([N+](=O)[O-])cc3[N+](=O)[O-])n[nH]2)c1. The number of non-ortho nitro benzene ring substituents is 1. The molecule has 0 aliphatic heterocycles. The lowest BCUT2D eigenvalue weighted by molar-refractivity contribution is -0.396. The van der Waals surface area contributed by atoms with Crippen molar-refractivity contribution in [2.24, 2.45) is 0 Å². The number of nitro groups is 2. The van der Waals surface area contributed by atoms with E-state index in [0.29, 0.717) is 22.9 Å². The summed E-state index contributed by atoms with van der Waals surface area (Å²) in [7, 11) is 3.04. The van der Waals surface area contributed by atoms with Crippen LogP contribution in [0.15, 0.2) is 46.5 Å². The summed E-state index contributed by atoms with van der Waals surface area (Å²) in [6, 6.07) is 8.55. The third-order valence-corrected chi connectivity index (χ3v) is 4.57. The summed E-state index contributed by atoms with van der Waals surface area (Å²) in [6.45, 7) is 0. The third-order valence-electron chi connectivity index (χ3n) is 3.64. The molecule has 0 saturated heterocycles. The van der Waals surface area contributed by atoms with Gasteiger partial charge in [-0.15, -0.1) is 5.10 Å². The Kier molecular flexibility index (Phi) is 5.40. The zero-order valence-electron chi connectivity index (χ0n) is 14.6. The van der Waals surface area contributed by atoms with Crippen LogP contribution < -0.4 is 9.47 Å². The van der Waals surface area contributed by atoms with E-state index in [9.17, 15) is 20.2 Å². The van der Waals surface area contributed by atoms with Crippen molar-refractivity contribution in [3.63, 3.8) is 0 Å². The van der Waals surface area contributed by atoms with Gasteiger partial charge in [-0.25, -0.2) is 4.98 Å². The van der Waals surface area contributed by atoms with Gasteiger partial charge in [0.2, 0.25) is 5.16 Å². The number of hydrogen-bond acceptors (Lipinski definition) is 9. The van der Waals surface area contributed by atoms with E-state index >= 15 is 0 Å². The van der Waals surface area contributed by atoms with Crippen LogP contribution in [0.25, 0.3) is 11.4 Å². The van der Waals surface area contributed by atoms with Crippen LogP contribution >= 0.6 is 11.8 Å². The number of nitrogens with zero attached hydrogens (tertiary/aromatic N) is 4. The number of H-pyrrole nitrogens is 1. The second-order valence-corrected chi connectivity index (χ2v) is 6.35. The van der Waals surface area contributed by atoms with Crippen LogP contribution in [-0.4, -0.2) is 39.2 Å². The van der Waals surface area contributed by atoms with Gasteiger partial charge in [-0.2, -0.15) is 0 Å². The van der Waals surface area contributed by atoms with Gasteiger partial charge in [-0.05, 0) is 30.0 Å². The van der Waals surface area contributed by atoms with Crippen molar-refractivity contribution >= 4 is 23.1 Å². The molecule has 0 atom stereocenters. The molecule has 28 heavy (non-hydrogen) atoms. The minimum Gasteiger partial charge on any atom is -0.497 e. The number of aromatic nitrogens is 3. The molecule has 1 N–H and O–H groups in total. The van der Waals surface area contributed by atoms with Gasteiger partial charge in [0.25, 0.3) is 11.4 Å². The summed E-state index contributed by atoms with van der Waals surface area (Å²) in [6.07, 6.45) is 0. The van der Waals surface area contributed by atoms with Gasteiger partial charge >= 0.3 is 0 Å². The van der Waals surface area contributed by atoms with Gasteiger partial charge in [-0.3, -0.25) is 25.3 Å². The Balaban J connectivity index is 1.92. The average molecular weight is 403 g/mol. The first-order valence-electron chi connectivity index (χ1n) is 7.68. The number of nitro benzene ring substituents is 2. The van der Waals surface area contributed by atoms with Crippen LogP contribution in [0, 0.1) is 20.2 Å². The Bertz CT molecular complexity index is 1030. The fraction of sp³-hybridized carbons (Fsp3) is 0.125. The molecule has 0 saturated carbocycles.